The van der Waals surface area contributed by atoms with Gasteiger partial charge in [0.25, 0.3) is 5.56 Å². The van der Waals surface area contributed by atoms with Crippen molar-refractivity contribution < 1.29 is 14.3 Å². The van der Waals surface area contributed by atoms with E-state index in [9.17, 15) is 14.4 Å². The molecule has 2 amide bonds. The fourth-order valence-corrected chi connectivity index (χ4v) is 6.13. The number of rotatable bonds is 8. The molecule has 0 radical (unpaired) electrons. The topological polar surface area (TPSA) is 94.7 Å². The van der Waals surface area contributed by atoms with Crippen LogP contribution in [-0.4, -0.2) is 65.5 Å². The van der Waals surface area contributed by atoms with E-state index in [2.05, 4.69) is 47.8 Å². The van der Waals surface area contributed by atoms with Crippen molar-refractivity contribution in [2.24, 2.45) is 11.3 Å². The molecule has 0 bridgehead atoms. The molecule has 2 atom stereocenters. The molecule has 38 heavy (non-hydrogen) atoms. The van der Waals surface area contributed by atoms with Gasteiger partial charge in [0.1, 0.15) is 0 Å². The molecule has 3 heterocycles. The Bertz CT molecular complexity index is 1240. The number of nitrogens with one attached hydrogen (secondary N) is 2. The second-order valence-electron chi connectivity index (χ2n) is 10.6. The van der Waals surface area contributed by atoms with Crippen LogP contribution in [-0.2, 0) is 20.9 Å². The molecule has 1 saturated heterocycles. The molecule has 2 unspecified atom stereocenters. The van der Waals surface area contributed by atoms with Crippen molar-refractivity contribution >= 4 is 11.8 Å². The van der Waals surface area contributed by atoms with Crippen LogP contribution < -0.4 is 10.9 Å². The SMILES string of the molecule is C=CC(=O)N1CC=C(C2(C)C(N(CC)C3CCOCC3)=CC=CC2C(=O)NCc2c(C)cc(C)[nH]c2=O)C1. The lowest BCUT2D eigenvalue weighted by atomic mass is 9.65. The molecule has 1 fully saturated rings. The molecule has 0 saturated carbocycles. The van der Waals surface area contributed by atoms with Gasteiger partial charge in [-0.2, -0.15) is 0 Å². The highest BCUT2D eigenvalue weighted by molar-refractivity contribution is 5.88. The first-order valence-electron chi connectivity index (χ1n) is 13.5. The van der Waals surface area contributed by atoms with Crippen LogP contribution in [0.25, 0.3) is 0 Å². The molecule has 8 nitrogen and oxygen atoms in total. The number of carbonyl (C=O) groups is 2. The molecule has 2 aliphatic heterocycles. The maximum atomic E-state index is 13.9. The number of aryl methyl sites for hydroxylation is 2. The lowest BCUT2D eigenvalue weighted by Crippen LogP contribution is -2.50. The Labute approximate surface area is 225 Å². The summed E-state index contributed by atoms with van der Waals surface area (Å²) < 4.78 is 5.63. The minimum absolute atomic E-state index is 0.122. The summed E-state index contributed by atoms with van der Waals surface area (Å²) in [5.41, 5.74) is 3.47. The number of amides is 2. The van der Waals surface area contributed by atoms with Crippen LogP contribution in [0, 0.1) is 25.2 Å². The molecule has 1 aromatic heterocycles. The second-order valence-corrected chi connectivity index (χ2v) is 10.6. The Morgan fingerprint density at radius 3 is 2.71 bits per heavy atom. The highest BCUT2D eigenvalue weighted by atomic mass is 16.5. The van der Waals surface area contributed by atoms with Gasteiger partial charge in [-0.15, -0.1) is 0 Å². The number of carbonyl (C=O) groups excluding carboxylic acids is 2. The number of pyridine rings is 1. The van der Waals surface area contributed by atoms with Gasteiger partial charge in [-0.3, -0.25) is 14.4 Å². The monoisotopic (exact) mass is 520 g/mol. The third-order valence-electron chi connectivity index (χ3n) is 8.28. The number of hydrogen-bond donors (Lipinski definition) is 2. The maximum Gasteiger partial charge on any atom is 0.253 e. The molecule has 0 aromatic carbocycles. The average Bonchev–Trinajstić information content (AvgIpc) is 3.41. The third kappa shape index (κ3) is 5.27. The fourth-order valence-electron chi connectivity index (χ4n) is 6.13. The van der Waals surface area contributed by atoms with Crippen LogP contribution in [0.1, 0.15) is 43.5 Å². The molecular formula is C30H40N4O4. The Hall–Kier alpha value is -3.39. The van der Waals surface area contributed by atoms with E-state index in [-0.39, 0.29) is 23.9 Å². The van der Waals surface area contributed by atoms with Crippen molar-refractivity contribution in [2.75, 3.05) is 32.8 Å². The van der Waals surface area contributed by atoms with Gasteiger partial charge >= 0.3 is 0 Å². The molecule has 2 N–H and O–H groups in total. The minimum atomic E-state index is -0.669. The summed E-state index contributed by atoms with van der Waals surface area (Å²) in [6.07, 6.45) is 11.3. The third-order valence-corrected chi connectivity index (χ3v) is 8.28. The Kier molecular flexibility index (Phi) is 8.41. The van der Waals surface area contributed by atoms with Gasteiger partial charge in [0.2, 0.25) is 11.8 Å². The van der Waals surface area contributed by atoms with E-state index in [1.807, 2.05) is 32.1 Å². The van der Waals surface area contributed by atoms with E-state index in [1.54, 1.807) is 4.90 Å². The van der Waals surface area contributed by atoms with Gasteiger partial charge in [0.05, 0.1) is 5.92 Å². The molecular weight excluding hydrogens is 480 g/mol. The summed E-state index contributed by atoms with van der Waals surface area (Å²) >= 11 is 0. The first-order valence-corrected chi connectivity index (χ1v) is 13.5. The lowest BCUT2D eigenvalue weighted by Gasteiger charge is -2.48. The van der Waals surface area contributed by atoms with Crippen LogP contribution in [0.4, 0.5) is 0 Å². The van der Waals surface area contributed by atoms with Crippen molar-refractivity contribution in [3.8, 4) is 0 Å². The van der Waals surface area contributed by atoms with Gasteiger partial charge in [-0.25, -0.2) is 0 Å². The molecule has 0 spiro atoms. The Balaban J connectivity index is 1.67. The highest BCUT2D eigenvalue weighted by Crippen LogP contribution is 2.49. The Morgan fingerprint density at radius 1 is 1.32 bits per heavy atom. The summed E-state index contributed by atoms with van der Waals surface area (Å²) in [5, 5.41) is 3.05. The second kappa shape index (κ2) is 11.6. The number of allylic oxidation sites excluding steroid dienone is 3. The zero-order valence-electron chi connectivity index (χ0n) is 23.0. The van der Waals surface area contributed by atoms with E-state index in [1.165, 1.54) is 6.08 Å². The predicted octanol–water partition coefficient (Wildman–Crippen LogP) is 3.14. The zero-order chi connectivity index (χ0) is 27.4. The molecule has 204 valence electrons. The van der Waals surface area contributed by atoms with Gasteiger partial charge in [0, 0.05) is 67.8 Å². The van der Waals surface area contributed by atoms with Crippen molar-refractivity contribution in [3.05, 3.63) is 81.5 Å². The summed E-state index contributed by atoms with van der Waals surface area (Å²) in [4.78, 5) is 45.9. The van der Waals surface area contributed by atoms with E-state index < -0.39 is 11.3 Å². The molecule has 3 aliphatic rings. The Morgan fingerprint density at radius 2 is 2.05 bits per heavy atom. The van der Waals surface area contributed by atoms with Gasteiger partial charge in [-0.05, 0) is 69.9 Å². The lowest BCUT2D eigenvalue weighted by molar-refractivity contribution is -0.126. The molecule has 1 aromatic rings. The number of aromatic amines is 1. The fraction of sp³-hybridized carbons (Fsp3) is 0.500. The van der Waals surface area contributed by atoms with Crippen LogP contribution in [0.15, 0.2) is 59.1 Å². The van der Waals surface area contributed by atoms with E-state index in [0.717, 1.165) is 55.1 Å². The largest absolute Gasteiger partial charge is 0.381 e. The smallest absolute Gasteiger partial charge is 0.253 e. The number of aromatic nitrogens is 1. The van der Waals surface area contributed by atoms with Gasteiger partial charge < -0.3 is 24.8 Å². The molecule has 8 heteroatoms. The van der Waals surface area contributed by atoms with Crippen LogP contribution in [0.3, 0.4) is 0 Å². The zero-order valence-corrected chi connectivity index (χ0v) is 23.0. The van der Waals surface area contributed by atoms with Crippen LogP contribution >= 0.6 is 0 Å². The number of hydrogen-bond acceptors (Lipinski definition) is 5. The number of H-pyrrole nitrogens is 1. The first kappa shape index (κ1) is 27.6. The summed E-state index contributed by atoms with van der Waals surface area (Å²) in [6, 6.07) is 2.23. The molecule has 1 aliphatic carbocycles. The summed E-state index contributed by atoms with van der Waals surface area (Å²) in [7, 11) is 0. The van der Waals surface area contributed by atoms with E-state index in [4.69, 9.17) is 4.74 Å². The van der Waals surface area contributed by atoms with E-state index in [0.29, 0.717) is 24.7 Å². The van der Waals surface area contributed by atoms with Crippen molar-refractivity contribution in [1.29, 1.82) is 0 Å². The number of nitrogens with zero attached hydrogens (tertiary/aromatic N) is 2. The van der Waals surface area contributed by atoms with E-state index >= 15 is 0 Å². The standard InChI is InChI=1S/C30H40N4O4/c1-6-27(35)33-14-11-22(19-33)30(5)25(29(37)31-18-24-20(3)17-21(4)32-28(24)36)9-8-10-26(30)34(7-2)23-12-15-38-16-13-23/h6,8-11,17,23,25H,1,7,12-16,18-19H2,2-5H3,(H,31,37)(H,32,36). The first-order chi connectivity index (χ1) is 18.2. The molecule has 4 rings (SSSR count). The number of ether oxygens (including phenoxy) is 1. The van der Waals surface area contributed by atoms with Crippen molar-refractivity contribution in [2.45, 2.75) is 53.1 Å². The summed E-state index contributed by atoms with van der Waals surface area (Å²) in [6.45, 7) is 15.0. The highest BCUT2D eigenvalue weighted by Gasteiger charge is 2.48. The maximum absolute atomic E-state index is 13.9. The van der Waals surface area contributed by atoms with Crippen LogP contribution in [0.2, 0.25) is 0 Å². The van der Waals surface area contributed by atoms with Crippen molar-refractivity contribution in [1.82, 2.24) is 20.1 Å². The summed E-state index contributed by atoms with van der Waals surface area (Å²) in [5.74, 6) is -0.777. The average molecular weight is 521 g/mol. The van der Waals surface area contributed by atoms with Crippen molar-refractivity contribution in [3.63, 3.8) is 0 Å². The predicted molar refractivity (Wildman–Crippen MR) is 148 cm³/mol. The van der Waals surface area contributed by atoms with Crippen LogP contribution in [0.5, 0.6) is 0 Å². The van der Waals surface area contributed by atoms with Gasteiger partial charge in [-0.1, -0.05) is 24.8 Å². The quantitative estimate of drug-likeness (QED) is 0.406. The normalized spacial score (nSPS) is 23.6. The van der Waals surface area contributed by atoms with Gasteiger partial charge in [0.15, 0.2) is 0 Å². The minimum Gasteiger partial charge on any atom is -0.381 e.